The van der Waals surface area contributed by atoms with Gasteiger partial charge < -0.3 is 10.6 Å². The van der Waals surface area contributed by atoms with Gasteiger partial charge in [-0.25, -0.2) is 23.4 Å². The predicted molar refractivity (Wildman–Crippen MR) is 146 cm³/mol. The quantitative estimate of drug-likeness (QED) is 0.468. The molecule has 3 aromatic rings. The lowest BCUT2D eigenvalue weighted by Crippen LogP contribution is -2.34. The lowest BCUT2D eigenvalue weighted by molar-refractivity contribution is 0.0943. The number of nitrogens with one attached hydrogen (secondary N) is 2. The molecule has 1 aromatic carbocycles. The first-order valence-electron chi connectivity index (χ1n) is 12.8. The molecule has 0 bridgehead atoms. The molecule has 1 amide bonds. The number of nitrogens with zero attached hydrogens (tertiary/aromatic N) is 5. The van der Waals surface area contributed by atoms with E-state index in [2.05, 4.69) is 25.6 Å². The summed E-state index contributed by atoms with van der Waals surface area (Å²) in [5.41, 5.74) is 3.34. The maximum absolute atomic E-state index is 12.4. The van der Waals surface area contributed by atoms with Crippen LogP contribution in [0.5, 0.6) is 0 Å². The maximum Gasteiger partial charge on any atom is 0.252 e. The Bertz CT molecular complexity index is 1400. The second-order valence-electron chi connectivity index (χ2n) is 10.2. The van der Waals surface area contributed by atoms with Crippen LogP contribution in [-0.2, 0) is 16.4 Å². The van der Waals surface area contributed by atoms with Gasteiger partial charge in [0, 0.05) is 37.8 Å². The minimum absolute atomic E-state index is 0.0751. The van der Waals surface area contributed by atoms with E-state index in [1.807, 2.05) is 36.1 Å². The minimum atomic E-state index is -3.26. The highest BCUT2D eigenvalue weighted by atomic mass is 32.2. The van der Waals surface area contributed by atoms with Crippen molar-refractivity contribution in [2.24, 2.45) is 5.92 Å². The van der Waals surface area contributed by atoms with Gasteiger partial charge in [0.1, 0.15) is 12.1 Å². The van der Waals surface area contributed by atoms with Gasteiger partial charge >= 0.3 is 0 Å². The first-order valence-corrected chi connectivity index (χ1v) is 14.7. The first-order chi connectivity index (χ1) is 18.2. The monoisotopic (exact) mass is 535 g/mol. The van der Waals surface area contributed by atoms with Gasteiger partial charge in [0.25, 0.3) is 5.91 Å². The molecule has 11 heteroatoms. The standard InChI is InChI=1S/C27H33N7O3S/c1-18-4-7-20(15-28-18)27(35)29-14-19-5-8-21(9-6-19)32-25-24-16-33(2)34(26(24)31-17-30-25)22-10-12-23(13-11-22)38(3,36)37/h4,7,10-13,15,17,19,21H,5-6,8-9,14,16H2,1-3H3,(H,29,35)(H,30,31,32). The average molecular weight is 536 g/mol. The summed E-state index contributed by atoms with van der Waals surface area (Å²) in [5.74, 6) is 2.00. The number of hydrazine groups is 1. The third kappa shape index (κ3) is 5.63. The van der Waals surface area contributed by atoms with Gasteiger partial charge in [-0.15, -0.1) is 0 Å². The zero-order valence-corrected chi connectivity index (χ0v) is 22.7. The zero-order chi connectivity index (χ0) is 26.9. The van der Waals surface area contributed by atoms with Crippen LogP contribution in [0.3, 0.4) is 0 Å². The van der Waals surface area contributed by atoms with Crippen molar-refractivity contribution in [1.29, 1.82) is 0 Å². The number of sulfone groups is 1. The molecule has 3 heterocycles. The highest BCUT2D eigenvalue weighted by Crippen LogP contribution is 2.38. The van der Waals surface area contributed by atoms with E-state index in [9.17, 15) is 13.2 Å². The number of carbonyl (C=O) groups excluding carboxylic acids is 1. The van der Waals surface area contributed by atoms with E-state index >= 15 is 0 Å². The highest BCUT2D eigenvalue weighted by Gasteiger charge is 2.31. The molecule has 1 aliphatic heterocycles. The van der Waals surface area contributed by atoms with Crippen molar-refractivity contribution in [2.45, 2.75) is 50.1 Å². The minimum Gasteiger partial charge on any atom is -0.367 e. The van der Waals surface area contributed by atoms with Crippen molar-refractivity contribution < 1.29 is 13.2 Å². The second-order valence-corrected chi connectivity index (χ2v) is 12.2. The Morgan fingerprint density at radius 2 is 1.76 bits per heavy atom. The number of hydrogen-bond donors (Lipinski definition) is 2. The molecular weight excluding hydrogens is 502 g/mol. The third-order valence-electron chi connectivity index (χ3n) is 7.27. The number of hydrogen-bond acceptors (Lipinski definition) is 9. The number of aryl methyl sites for hydroxylation is 1. The van der Waals surface area contributed by atoms with E-state index in [-0.39, 0.29) is 10.8 Å². The number of carbonyl (C=O) groups is 1. The van der Waals surface area contributed by atoms with E-state index in [0.29, 0.717) is 30.6 Å². The zero-order valence-electron chi connectivity index (χ0n) is 21.9. The molecule has 0 atom stereocenters. The number of fused-ring (bicyclic) bond motifs is 1. The fourth-order valence-corrected chi connectivity index (χ4v) is 5.75. The summed E-state index contributed by atoms with van der Waals surface area (Å²) in [5, 5.41) is 10.7. The van der Waals surface area contributed by atoms with Crippen LogP contribution >= 0.6 is 0 Å². The van der Waals surface area contributed by atoms with E-state index in [1.165, 1.54) is 6.26 Å². The number of pyridine rings is 1. The smallest absolute Gasteiger partial charge is 0.252 e. The average Bonchev–Trinajstić information content (AvgIpc) is 3.25. The van der Waals surface area contributed by atoms with E-state index in [0.717, 1.165) is 54.3 Å². The van der Waals surface area contributed by atoms with Crippen LogP contribution in [0.4, 0.5) is 17.3 Å². The van der Waals surface area contributed by atoms with Crippen LogP contribution in [0, 0.1) is 12.8 Å². The number of rotatable bonds is 7. The molecule has 1 fully saturated rings. The second kappa shape index (κ2) is 10.7. The molecule has 2 aromatic heterocycles. The summed E-state index contributed by atoms with van der Waals surface area (Å²) in [6, 6.07) is 10.8. The van der Waals surface area contributed by atoms with Crippen LogP contribution in [0.15, 0.2) is 53.8 Å². The summed E-state index contributed by atoms with van der Waals surface area (Å²) in [6.45, 7) is 3.21. The van der Waals surface area contributed by atoms with Gasteiger partial charge in [-0.3, -0.25) is 14.8 Å². The van der Waals surface area contributed by atoms with Crippen molar-refractivity contribution in [3.63, 3.8) is 0 Å². The van der Waals surface area contributed by atoms with Crippen LogP contribution < -0.4 is 15.6 Å². The van der Waals surface area contributed by atoms with E-state index in [1.54, 1.807) is 36.8 Å². The van der Waals surface area contributed by atoms with Gasteiger partial charge in [-0.2, -0.15) is 0 Å². The van der Waals surface area contributed by atoms with Crippen molar-refractivity contribution in [3.05, 3.63) is 65.7 Å². The molecule has 2 aliphatic rings. The fraction of sp³-hybridized carbons (Fsp3) is 0.407. The Kier molecular flexibility index (Phi) is 7.31. The lowest BCUT2D eigenvalue weighted by Gasteiger charge is -2.30. The Morgan fingerprint density at radius 3 is 2.42 bits per heavy atom. The van der Waals surface area contributed by atoms with Gasteiger partial charge in [0.15, 0.2) is 15.7 Å². The normalized spacial score (nSPS) is 19.7. The number of benzene rings is 1. The fourth-order valence-electron chi connectivity index (χ4n) is 5.12. The summed E-state index contributed by atoms with van der Waals surface area (Å²) >= 11 is 0. The molecule has 0 unspecified atom stereocenters. The van der Waals surface area contributed by atoms with Crippen LogP contribution in [0.25, 0.3) is 0 Å². The summed E-state index contributed by atoms with van der Waals surface area (Å²) in [6.07, 6.45) is 8.44. The Labute approximate surface area is 223 Å². The SMILES string of the molecule is Cc1ccc(C(=O)NCC2CCC(Nc3ncnc4c3CN(C)N4c3ccc(S(C)(=O)=O)cc3)CC2)cn1. The third-order valence-corrected chi connectivity index (χ3v) is 8.40. The van der Waals surface area contributed by atoms with Crippen LogP contribution in [0.2, 0.25) is 0 Å². The molecule has 0 spiro atoms. The summed E-state index contributed by atoms with van der Waals surface area (Å²) < 4.78 is 23.7. The van der Waals surface area contributed by atoms with Crippen molar-refractivity contribution in [2.75, 3.05) is 30.2 Å². The maximum atomic E-state index is 12.4. The molecule has 38 heavy (non-hydrogen) atoms. The largest absolute Gasteiger partial charge is 0.367 e. The molecular formula is C27H33N7O3S. The number of amides is 1. The van der Waals surface area contributed by atoms with Gasteiger partial charge in [-0.05, 0) is 74.9 Å². The summed E-state index contributed by atoms with van der Waals surface area (Å²) in [7, 11) is -1.28. The van der Waals surface area contributed by atoms with Gasteiger partial charge in [-0.1, -0.05) is 0 Å². The molecule has 0 radical (unpaired) electrons. The topological polar surface area (TPSA) is 120 Å². The van der Waals surface area contributed by atoms with Crippen molar-refractivity contribution in [3.8, 4) is 0 Å². The Hall–Kier alpha value is -3.57. The van der Waals surface area contributed by atoms with Crippen molar-refractivity contribution >= 4 is 33.1 Å². The molecule has 5 rings (SSSR count). The molecule has 1 aliphatic carbocycles. The van der Waals surface area contributed by atoms with Gasteiger partial charge in [0.2, 0.25) is 0 Å². The van der Waals surface area contributed by atoms with Crippen molar-refractivity contribution in [1.82, 2.24) is 25.3 Å². The predicted octanol–water partition coefficient (Wildman–Crippen LogP) is 3.48. The number of aromatic nitrogens is 3. The number of anilines is 3. The Morgan fingerprint density at radius 1 is 1.03 bits per heavy atom. The van der Waals surface area contributed by atoms with E-state index < -0.39 is 9.84 Å². The molecule has 10 nitrogen and oxygen atoms in total. The van der Waals surface area contributed by atoms with Crippen LogP contribution in [0.1, 0.15) is 47.3 Å². The van der Waals surface area contributed by atoms with E-state index in [4.69, 9.17) is 0 Å². The Balaban J connectivity index is 1.19. The molecule has 2 N–H and O–H groups in total. The summed E-state index contributed by atoms with van der Waals surface area (Å²) in [4.78, 5) is 26.0. The molecule has 200 valence electrons. The lowest BCUT2D eigenvalue weighted by atomic mass is 9.86. The first kappa shape index (κ1) is 26.1. The molecule has 0 saturated heterocycles. The molecule has 1 saturated carbocycles. The van der Waals surface area contributed by atoms with Gasteiger partial charge in [0.05, 0.1) is 28.3 Å². The highest BCUT2D eigenvalue weighted by molar-refractivity contribution is 7.90. The van der Waals surface area contributed by atoms with Crippen LogP contribution in [-0.4, -0.2) is 60.2 Å².